The molecule has 1 saturated heterocycles. The summed E-state index contributed by atoms with van der Waals surface area (Å²) in [6, 6.07) is 22.7. The second-order valence-corrected chi connectivity index (χ2v) is 15.2. The summed E-state index contributed by atoms with van der Waals surface area (Å²) in [7, 11) is -2.81. The molecule has 1 fully saturated rings. The zero-order valence-corrected chi connectivity index (χ0v) is 23.3. The summed E-state index contributed by atoms with van der Waals surface area (Å²) in [5.41, 5.74) is 1.93. The molecule has 3 aromatic carbocycles. The second-order valence-electron chi connectivity index (χ2n) is 11.2. The normalized spacial score (nSPS) is 24.7. The standard InChI is InChI=1S/C30H33N3O5Si/c1-19-27(39(2,3)37)26(15-16-34)38-30(19)23-17-21(33-28(35)22-11-7-8-12-24(22)31-33)13-14-25(23)32(29(30)36)18-20-9-5-4-6-10-20/h4-14,17,19,26-27,31,34,37H,15-16,18H2,1-3H3/t19-,26+,27-,30+/m0/s1. The molecule has 3 heterocycles. The van der Waals surface area contributed by atoms with Gasteiger partial charge in [0, 0.05) is 23.6 Å². The first kappa shape index (κ1) is 25.8. The molecule has 8 nitrogen and oxygen atoms in total. The van der Waals surface area contributed by atoms with Crippen molar-refractivity contribution in [2.24, 2.45) is 5.92 Å². The zero-order valence-electron chi connectivity index (χ0n) is 22.3. The van der Waals surface area contributed by atoms with E-state index in [2.05, 4.69) is 5.10 Å². The fraction of sp³-hybridized carbons (Fsp3) is 0.333. The number of ether oxygens (including phenoxy) is 1. The molecule has 2 aliphatic rings. The minimum atomic E-state index is -2.81. The predicted molar refractivity (Wildman–Crippen MR) is 152 cm³/mol. The van der Waals surface area contributed by atoms with Gasteiger partial charge in [-0.05, 0) is 55.4 Å². The van der Waals surface area contributed by atoms with E-state index in [4.69, 9.17) is 4.74 Å². The lowest BCUT2D eigenvalue weighted by molar-refractivity contribution is -0.146. The molecule has 0 radical (unpaired) electrons. The number of amides is 1. The Labute approximate surface area is 227 Å². The number of hydrogen-bond donors (Lipinski definition) is 3. The number of carbonyl (C=O) groups is 1. The maximum atomic E-state index is 14.5. The van der Waals surface area contributed by atoms with Crippen LogP contribution < -0.4 is 10.5 Å². The number of nitrogens with zero attached hydrogens (tertiary/aromatic N) is 2. The highest BCUT2D eigenvalue weighted by atomic mass is 28.4. The number of fused-ring (bicyclic) bond motifs is 3. The molecule has 39 heavy (non-hydrogen) atoms. The molecular weight excluding hydrogens is 510 g/mol. The average Bonchev–Trinajstić information content (AvgIpc) is 3.49. The van der Waals surface area contributed by atoms with Gasteiger partial charge in [0.1, 0.15) is 0 Å². The lowest BCUT2D eigenvalue weighted by Crippen LogP contribution is -2.46. The Balaban J connectivity index is 1.54. The van der Waals surface area contributed by atoms with E-state index in [1.54, 1.807) is 11.0 Å². The Kier molecular flexibility index (Phi) is 6.15. The van der Waals surface area contributed by atoms with Crippen LogP contribution in [0.15, 0.2) is 77.6 Å². The van der Waals surface area contributed by atoms with Crippen molar-refractivity contribution in [2.75, 3.05) is 11.5 Å². The molecule has 9 heteroatoms. The van der Waals surface area contributed by atoms with Gasteiger partial charge in [-0.1, -0.05) is 49.4 Å². The van der Waals surface area contributed by atoms with Crippen LogP contribution in [0, 0.1) is 5.92 Å². The fourth-order valence-electron chi connectivity index (χ4n) is 6.77. The fourth-order valence-corrected chi connectivity index (χ4v) is 9.37. The summed E-state index contributed by atoms with van der Waals surface area (Å²) in [6.07, 6.45) is -0.138. The van der Waals surface area contributed by atoms with Gasteiger partial charge in [-0.2, -0.15) is 0 Å². The lowest BCUT2D eigenvalue weighted by Gasteiger charge is -2.32. The smallest absolute Gasteiger partial charge is 0.279 e. The Bertz CT molecular complexity index is 1610. The van der Waals surface area contributed by atoms with Crippen molar-refractivity contribution < 1.29 is 19.4 Å². The predicted octanol–water partition coefficient (Wildman–Crippen LogP) is 4.05. The largest absolute Gasteiger partial charge is 0.432 e. The number of benzene rings is 3. The van der Waals surface area contributed by atoms with Crippen molar-refractivity contribution in [2.45, 2.75) is 50.2 Å². The summed E-state index contributed by atoms with van der Waals surface area (Å²) in [5, 5.41) is 13.6. The molecule has 0 unspecified atom stereocenters. The molecule has 2 aliphatic heterocycles. The van der Waals surface area contributed by atoms with Crippen LogP contribution in [-0.4, -0.2) is 46.6 Å². The third-order valence-corrected chi connectivity index (χ3v) is 10.9. The molecule has 4 atom stereocenters. The van der Waals surface area contributed by atoms with Gasteiger partial charge in [0.05, 0.1) is 34.9 Å². The number of nitrogens with one attached hydrogen (secondary N) is 1. The van der Waals surface area contributed by atoms with Crippen LogP contribution in [0.25, 0.3) is 16.6 Å². The molecule has 202 valence electrons. The maximum absolute atomic E-state index is 14.5. The maximum Gasteiger partial charge on any atom is 0.279 e. The Morgan fingerprint density at radius 1 is 1.03 bits per heavy atom. The van der Waals surface area contributed by atoms with Crippen molar-refractivity contribution in [1.82, 2.24) is 9.78 Å². The summed E-state index contributed by atoms with van der Waals surface area (Å²) in [4.78, 5) is 40.8. The summed E-state index contributed by atoms with van der Waals surface area (Å²) >= 11 is 0. The number of rotatable bonds is 6. The number of aliphatic hydroxyl groups excluding tert-OH is 1. The van der Waals surface area contributed by atoms with Crippen LogP contribution in [0.3, 0.4) is 0 Å². The minimum Gasteiger partial charge on any atom is -0.432 e. The summed E-state index contributed by atoms with van der Waals surface area (Å²) in [5.74, 6) is -0.527. The van der Waals surface area contributed by atoms with E-state index in [1.165, 1.54) is 4.68 Å². The highest BCUT2D eigenvalue weighted by molar-refractivity contribution is 6.71. The minimum absolute atomic E-state index is 0.103. The number of hydrogen-bond acceptors (Lipinski definition) is 5. The van der Waals surface area contributed by atoms with E-state index in [0.717, 1.165) is 16.8 Å². The van der Waals surface area contributed by atoms with E-state index in [0.29, 0.717) is 29.6 Å². The summed E-state index contributed by atoms with van der Waals surface area (Å²) < 4.78 is 8.21. The highest BCUT2D eigenvalue weighted by Gasteiger charge is 2.66. The van der Waals surface area contributed by atoms with Crippen LogP contribution in [0.4, 0.5) is 5.69 Å². The van der Waals surface area contributed by atoms with E-state index in [-0.39, 0.29) is 29.5 Å². The molecule has 1 aromatic heterocycles. The molecular formula is C30H33N3O5Si. The topological polar surface area (TPSA) is 108 Å². The first-order valence-electron chi connectivity index (χ1n) is 13.4. The number of para-hydroxylation sites is 1. The van der Waals surface area contributed by atoms with Gasteiger partial charge in [0.15, 0.2) is 13.9 Å². The Hall–Kier alpha value is -3.50. The molecule has 6 rings (SSSR count). The summed E-state index contributed by atoms with van der Waals surface area (Å²) in [6.45, 7) is 5.97. The van der Waals surface area contributed by atoms with E-state index < -0.39 is 20.0 Å². The van der Waals surface area contributed by atoms with Gasteiger partial charge in [-0.25, -0.2) is 4.68 Å². The highest BCUT2D eigenvalue weighted by Crippen LogP contribution is 2.60. The zero-order chi connectivity index (χ0) is 27.5. The number of aliphatic hydroxyl groups is 1. The first-order valence-corrected chi connectivity index (χ1v) is 16.4. The van der Waals surface area contributed by atoms with Crippen LogP contribution in [0.2, 0.25) is 18.6 Å². The number of aromatic amines is 1. The second kappa shape index (κ2) is 9.30. The molecule has 1 spiro atoms. The lowest BCUT2D eigenvalue weighted by atomic mass is 9.82. The van der Waals surface area contributed by atoms with E-state index in [1.807, 2.05) is 86.7 Å². The van der Waals surface area contributed by atoms with Crippen LogP contribution in [-0.2, 0) is 21.7 Å². The monoisotopic (exact) mass is 543 g/mol. The molecule has 0 bridgehead atoms. The van der Waals surface area contributed by atoms with Gasteiger partial charge in [0.25, 0.3) is 11.5 Å². The van der Waals surface area contributed by atoms with Gasteiger partial charge < -0.3 is 19.5 Å². The number of anilines is 1. The first-order chi connectivity index (χ1) is 18.7. The van der Waals surface area contributed by atoms with Crippen molar-refractivity contribution in [1.29, 1.82) is 0 Å². The van der Waals surface area contributed by atoms with Crippen LogP contribution >= 0.6 is 0 Å². The van der Waals surface area contributed by atoms with Gasteiger partial charge in [0.2, 0.25) is 0 Å². The van der Waals surface area contributed by atoms with Crippen molar-refractivity contribution in [3.8, 4) is 5.69 Å². The van der Waals surface area contributed by atoms with Crippen molar-refractivity contribution in [3.05, 3.63) is 94.3 Å². The molecule has 3 N–H and O–H groups in total. The average molecular weight is 544 g/mol. The van der Waals surface area contributed by atoms with Crippen LogP contribution in [0.1, 0.15) is 24.5 Å². The number of H-pyrrole nitrogens is 1. The van der Waals surface area contributed by atoms with Crippen LogP contribution in [0.5, 0.6) is 0 Å². The van der Waals surface area contributed by atoms with E-state index in [9.17, 15) is 19.5 Å². The Morgan fingerprint density at radius 3 is 2.44 bits per heavy atom. The third-order valence-electron chi connectivity index (χ3n) is 8.42. The van der Waals surface area contributed by atoms with Gasteiger partial charge in [-0.15, -0.1) is 0 Å². The molecule has 0 aliphatic carbocycles. The van der Waals surface area contributed by atoms with Gasteiger partial charge >= 0.3 is 0 Å². The van der Waals surface area contributed by atoms with Gasteiger partial charge in [-0.3, -0.25) is 14.7 Å². The molecule has 0 saturated carbocycles. The Morgan fingerprint density at radius 2 is 1.74 bits per heavy atom. The van der Waals surface area contributed by atoms with E-state index >= 15 is 0 Å². The third kappa shape index (κ3) is 3.91. The SMILES string of the molecule is C[C@H]1[C@H]([Si](C)(C)O)[C@@H](CCO)O[C@]12C(=O)N(Cc1ccccc1)c1ccc(-n3[nH]c4ccccc4c3=O)cc12. The number of aromatic nitrogens is 2. The van der Waals surface area contributed by atoms with Crippen molar-refractivity contribution >= 4 is 30.8 Å². The molecule has 1 amide bonds. The van der Waals surface area contributed by atoms with Crippen molar-refractivity contribution in [3.63, 3.8) is 0 Å². The number of carbonyl (C=O) groups excluding carboxylic acids is 1. The molecule has 4 aromatic rings. The quantitative estimate of drug-likeness (QED) is 0.318.